The third-order valence-electron chi connectivity index (χ3n) is 2.27. The number of urea groups is 1. The van der Waals surface area contributed by atoms with Gasteiger partial charge in [-0.3, -0.25) is 9.63 Å². The number of nitrogens with one attached hydrogen (secondary N) is 1. The lowest BCUT2D eigenvalue weighted by atomic mass is 10.2. The molecule has 0 saturated carbocycles. The number of carbonyl (C=O) groups is 2. The Morgan fingerprint density at radius 2 is 2.12 bits per heavy atom. The van der Waals surface area contributed by atoms with E-state index < -0.39 is 5.24 Å². The van der Waals surface area contributed by atoms with E-state index in [1.807, 2.05) is 13.8 Å². The summed E-state index contributed by atoms with van der Waals surface area (Å²) in [7, 11) is 0. The van der Waals surface area contributed by atoms with Crippen LogP contribution < -0.4 is 5.48 Å². The van der Waals surface area contributed by atoms with E-state index in [0.29, 0.717) is 5.88 Å². The summed E-state index contributed by atoms with van der Waals surface area (Å²) >= 11 is 10.7. The number of hydroxylamine groups is 1. The number of carbonyl (C=O) groups excluding carboxylic acids is 2. The van der Waals surface area contributed by atoms with E-state index in [2.05, 4.69) is 5.48 Å². The second-order valence-corrected chi connectivity index (χ2v) is 4.30. The average Bonchev–Trinajstić information content (AvgIpc) is 2.28. The molecule has 0 aromatic rings. The van der Waals surface area contributed by atoms with Crippen molar-refractivity contribution in [2.75, 3.05) is 19.0 Å². The third kappa shape index (κ3) is 7.41. The van der Waals surface area contributed by atoms with Crippen LogP contribution in [0, 0.1) is 0 Å². The largest absolute Gasteiger partial charge is 0.341 e. The van der Waals surface area contributed by atoms with Gasteiger partial charge >= 0.3 is 6.03 Å². The van der Waals surface area contributed by atoms with Crippen LogP contribution in [0.25, 0.3) is 0 Å². The molecule has 0 rings (SSSR count). The first-order chi connectivity index (χ1) is 8.02. The Hall–Kier alpha value is -0.520. The van der Waals surface area contributed by atoms with Crippen molar-refractivity contribution in [1.82, 2.24) is 10.4 Å². The predicted octanol–water partition coefficient (Wildman–Crippen LogP) is 2.12. The van der Waals surface area contributed by atoms with Crippen molar-refractivity contribution in [2.24, 2.45) is 0 Å². The zero-order valence-electron chi connectivity index (χ0n) is 10.0. The van der Waals surface area contributed by atoms with Crippen LogP contribution in [0.5, 0.6) is 0 Å². The van der Waals surface area contributed by atoms with Crippen LogP contribution in [0.1, 0.15) is 26.7 Å². The van der Waals surface area contributed by atoms with E-state index in [9.17, 15) is 9.59 Å². The molecule has 0 bridgehead atoms. The summed E-state index contributed by atoms with van der Waals surface area (Å²) in [6.45, 7) is 4.34. The van der Waals surface area contributed by atoms with Crippen molar-refractivity contribution in [3.63, 3.8) is 0 Å². The predicted molar refractivity (Wildman–Crippen MR) is 67.1 cm³/mol. The molecule has 0 aliphatic carbocycles. The van der Waals surface area contributed by atoms with Gasteiger partial charge in [-0.15, -0.1) is 11.6 Å². The molecule has 0 aliphatic rings. The molecule has 100 valence electrons. The molecular formula is C10H18Cl2N2O3. The van der Waals surface area contributed by atoms with Crippen LogP contribution in [0.3, 0.4) is 0 Å². The average molecular weight is 285 g/mol. The highest BCUT2D eigenvalue weighted by Gasteiger charge is 2.19. The highest BCUT2D eigenvalue weighted by Crippen LogP contribution is 2.06. The molecule has 2 amide bonds. The number of hydrogen-bond acceptors (Lipinski definition) is 3. The van der Waals surface area contributed by atoms with Crippen LogP contribution in [-0.2, 0) is 9.63 Å². The summed E-state index contributed by atoms with van der Waals surface area (Å²) in [5, 5.41) is -0.465. The molecule has 0 aromatic carbocycles. The Bertz CT molecular complexity index is 252. The van der Waals surface area contributed by atoms with Gasteiger partial charge in [-0.2, -0.15) is 0 Å². The summed E-state index contributed by atoms with van der Waals surface area (Å²) in [5.74, 6) is 0.295. The first kappa shape index (κ1) is 16.5. The van der Waals surface area contributed by atoms with Crippen LogP contribution in [0.15, 0.2) is 0 Å². The molecule has 1 unspecified atom stereocenters. The fraction of sp³-hybridized carbons (Fsp3) is 0.800. The Labute approximate surface area is 111 Å². The van der Waals surface area contributed by atoms with Gasteiger partial charge in [-0.25, -0.2) is 10.3 Å². The Kier molecular flexibility index (Phi) is 9.21. The van der Waals surface area contributed by atoms with Crippen molar-refractivity contribution in [3.8, 4) is 0 Å². The highest BCUT2D eigenvalue weighted by atomic mass is 35.5. The van der Waals surface area contributed by atoms with Crippen molar-refractivity contribution in [1.29, 1.82) is 0 Å². The molecule has 0 aliphatic heterocycles. The number of nitrogens with zero attached hydrogens (tertiary/aromatic N) is 1. The van der Waals surface area contributed by atoms with Gasteiger partial charge < -0.3 is 4.90 Å². The lowest BCUT2D eigenvalue weighted by Crippen LogP contribution is -2.45. The minimum Gasteiger partial charge on any atom is -0.320 e. The van der Waals surface area contributed by atoms with E-state index in [1.54, 1.807) is 0 Å². The second kappa shape index (κ2) is 9.50. The van der Waals surface area contributed by atoms with E-state index in [-0.39, 0.29) is 31.6 Å². The molecule has 1 atom stereocenters. The van der Waals surface area contributed by atoms with Crippen molar-refractivity contribution in [2.45, 2.75) is 32.7 Å². The van der Waals surface area contributed by atoms with E-state index >= 15 is 0 Å². The molecule has 0 spiro atoms. The molecular weight excluding hydrogens is 267 g/mol. The fourth-order valence-electron chi connectivity index (χ4n) is 1.16. The number of alkyl halides is 1. The summed E-state index contributed by atoms with van der Waals surface area (Å²) in [4.78, 5) is 28.8. The van der Waals surface area contributed by atoms with Gasteiger partial charge in [0, 0.05) is 24.9 Å². The maximum absolute atomic E-state index is 11.7. The zero-order valence-corrected chi connectivity index (χ0v) is 11.6. The van der Waals surface area contributed by atoms with Crippen molar-refractivity contribution < 1.29 is 14.4 Å². The second-order valence-electron chi connectivity index (χ2n) is 3.50. The first-order valence-corrected chi connectivity index (χ1v) is 6.36. The monoisotopic (exact) mass is 284 g/mol. The van der Waals surface area contributed by atoms with Gasteiger partial charge in [0.25, 0.3) is 0 Å². The van der Waals surface area contributed by atoms with Gasteiger partial charge in [0.2, 0.25) is 5.24 Å². The number of rotatable bonds is 8. The lowest BCUT2D eigenvalue weighted by molar-refractivity contribution is -0.111. The van der Waals surface area contributed by atoms with Crippen LogP contribution >= 0.6 is 23.2 Å². The standard InChI is InChI=1S/C10H18Cl2N2O3/c1-3-8(2)14(6-4-9(12)15)10(16)13-17-7-5-11/h8H,3-7H2,1-2H3,(H,13,16). The topological polar surface area (TPSA) is 58.6 Å². The zero-order chi connectivity index (χ0) is 13.3. The number of hydrogen-bond donors (Lipinski definition) is 1. The minimum atomic E-state index is -0.465. The quantitative estimate of drug-likeness (QED) is 0.321. The van der Waals surface area contributed by atoms with Crippen LogP contribution in [0.2, 0.25) is 0 Å². The molecule has 0 aromatic heterocycles. The van der Waals surface area contributed by atoms with Gasteiger partial charge in [0.1, 0.15) is 0 Å². The molecule has 7 heteroatoms. The molecule has 0 saturated heterocycles. The Balaban J connectivity index is 4.24. The van der Waals surface area contributed by atoms with E-state index in [1.165, 1.54) is 4.90 Å². The van der Waals surface area contributed by atoms with Gasteiger partial charge in [0.05, 0.1) is 6.61 Å². The summed E-state index contributed by atoms with van der Waals surface area (Å²) in [5.41, 5.74) is 2.27. The summed E-state index contributed by atoms with van der Waals surface area (Å²) in [6.07, 6.45) is 0.897. The van der Waals surface area contributed by atoms with E-state index in [0.717, 1.165) is 6.42 Å². The normalized spacial score (nSPS) is 12.0. The highest BCUT2D eigenvalue weighted by molar-refractivity contribution is 6.63. The van der Waals surface area contributed by atoms with Crippen LogP contribution in [-0.4, -0.2) is 41.2 Å². The van der Waals surface area contributed by atoms with Gasteiger partial charge in [0.15, 0.2) is 0 Å². The van der Waals surface area contributed by atoms with Gasteiger partial charge in [-0.05, 0) is 24.9 Å². The Morgan fingerprint density at radius 3 is 2.59 bits per heavy atom. The minimum absolute atomic E-state index is 0.00520. The van der Waals surface area contributed by atoms with Gasteiger partial charge in [-0.1, -0.05) is 6.92 Å². The van der Waals surface area contributed by atoms with Crippen molar-refractivity contribution >= 4 is 34.5 Å². The molecule has 0 fully saturated rings. The lowest BCUT2D eigenvalue weighted by Gasteiger charge is -2.27. The summed E-state index contributed by atoms with van der Waals surface area (Å²) < 4.78 is 0. The Morgan fingerprint density at radius 1 is 1.47 bits per heavy atom. The third-order valence-corrected chi connectivity index (χ3v) is 2.61. The molecule has 17 heavy (non-hydrogen) atoms. The molecule has 5 nitrogen and oxygen atoms in total. The maximum atomic E-state index is 11.7. The fourth-order valence-corrected chi connectivity index (χ4v) is 1.32. The number of amides is 2. The molecule has 0 radical (unpaired) electrons. The first-order valence-electron chi connectivity index (χ1n) is 5.45. The smallest absolute Gasteiger partial charge is 0.320 e. The molecule has 1 N–H and O–H groups in total. The SMILES string of the molecule is CCC(C)N(CCC(=O)Cl)C(=O)NOCCCl. The van der Waals surface area contributed by atoms with E-state index in [4.69, 9.17) is 28.0 Å². The van der Waals surface area contributed by atoms with Crippen molar-refractivity contribution in [3.05, 3.63) is 0 Å². The number of halogens is 2. The molecule has 0 heterocycles. The maximum Gasteiger partial charge on any atom is 0.341 e. The summed E-state index contributed by atoms with van der Waals surface area (Å²) in [6, 6.07) is -0.381. The van der Waals surface area contributed by atoms with Crippen LogP contribution in [0.4, 0.5) is 4.79 Å².